The van der Waals surface area contributed by atoms with Gasteiger partial charge in [-0.15, -0.1) is 0 Å². The van der Waals surface area contributed by atoms with E-state index in [0.29, 0.717) is 33.3 Å². The van der Waals surface area contributed by atoms with Gasteiger partial charge in [-0.3, -0.25) is 4.79 Å². The largest absolute Gasteiger partial charge is 0.451 e. The number of nitrogens with zero attached hydrogens (tertiary/aromatic N) is 1. The summed E-state index contributed by atoms with van der Waals surface area (Å²) in [7, 11) is 0. The molecule has 3 aromatic carbocycles. The molecule has 2 heterocycles. The van der Waals surface area contributed by atoms with Crippen molar-refractivity contribution in [2.24, 2.45) is 0 Å². The van der Waals surface area contributed by atoms with Gasteiger partial charge in [0.2, 0.25) is 5.89 Å². The van der Waals surface area contributed by atoms with Crippen LogP contribution in [0.3, 0.4) is 0 Å². The third-order valence-electron chi connectivity index (χ3n) is 5.36. The average molecular weight is 431 g/mol. The molecule has 0 aliphatic carbocycles. The number of hydrogen-bond acceptors (Lipinski definition) is 4. The van der Waals surface area contributed by atoms with E-state index in [1.807, 2.05) is 49.4 Å². The van der Waals surface area contributed by atoms with Crippen LogP contribution < -0.4 is 5.32 Å². The molecule has 31 heavy (non-hydrogen) atoms. The fourth-order valence-corrected chi connectivity index (χ4v) is 3.85. The maximum Gasteiger partial charge on any atom is 0.291 e. The van der Waals surface area contributed by atoms with Crippen LogP contribution in [0.1, 0.15) is 28.6 Å². The normalized spacial score (nSPS) is 11.3. The van der Waals surface area contributed by atoms with Crippen LogP contribution >= 0.6 is 11.6 Å². The molecule has 2 aromatic heterocycles. The maximum absolute atomic E-state index is 12.9. The van der Waals surface area contributed by atoms with E-state index >= 15 is 0 Å². The van der Waals surface area contributed by atoms with Gasteiger partial charge in [-0.05, 0) is 55.3 Å². The number of furan rings is 1. The molecule has 154 valence electrons. The van der Waals surface area contributed by atoms with Crippen LogP contribution in [0.4, 0.5) is 5.69 Å². The van der Waals surface area contributed by atoms with Gasteiger partial charge in [0.15, 0.2) is 11.3 Å². The molecule has 6 heteroatoms. The Hall–Kier alpha value is -3.57. The van der Waals surface area contributed by atoms with Crippen LogP contribution in [0.5, 0.6) is 0 Å². The molecule has 0 spiro atoms. The quantitative estimate of drug-likeness (QED) is 0.332. The number of hydrogen-bond donors (Lipinski definition) is 1. The van der Waals surface area contributed by atoms with Crippen molar-refractivity contribution in [3.05, 3.63) is 82.6 Å². The van der Waals surface area contributed by atoms with Gasteiger partial charge < -0.3 is 14.2 Å². The number of halogens is 1. The fraction of sp³-hybridized carbons (Fsp3) is 0.120. The van der Waals surface area contributed by atoms with E-state index in [9.17, 15) is 4.79 Å². The predicted octanol–water partition coefficient (Wildman–Crippen LogP) is 7.02. The highest BCUT2D eigenvalue weighted by Crippen LogP contribution is 2.33. The first kappa shape index (κ1) is 19.4. The van der Waals surface area contributed by atoms with Gasteiger partial charge in [0.25, 0.3) is 5.91 Å². The van der Waals surface area contributed by atoms with Crippen molar-refractivity contribution >= 4 is 45.3 Å². The number of aryl methyl sites for hydroxylation is 2. The van der Waals surface area contributed by atoms with Gasteiger partial charge in [0.05, 0.1) is 10.6 Å². The second-order valence-corrected chi connectivity index (χ2v) is 7.78. The lowest BCUT2D eigenvalue weighted by atomic mass is 10.1. The molecule has 0 aliphatic rings. The zero-order valence-corrected chi connectivity index (χ0v) is 17.8. The highest BCUT2D eigenvalue weighted by Gasteiger charge is 2.19. The predicted molar refractivity (Wildman–Crippen MR) is 123 cm³/mol. The number of anilines is 1. The Bertz CT molecular complexity index is 1450. The van der Waals surface area contributed by atoms with Crippen molar-refractivity contribution in [1.29, 1.82) is 0 Å². The number of para-hydroxylation sites is 1. The smallest absolute Gasteiger partial charge is 0.291 e. The van der Waals surface area contributed by atoms with Gasteiger partial charge in [-0.1, -0.05) is 42.8 Å². The lowest BCUT2D eigenvalue weighted by molar-refractivity contribution is 0.0998. The number of aromatic nitrogens is 1. The SMILES string of the molecule is CCc1ccc2oc(-c3cc(NC(=O)c4oc5ccccc5c4C)ccc3Cl)nc2c1. The first-order valence-corrected chi connectivity index (χ1v) is 10.4. The Kier molecular flexibility index (Phi) is 4.75. The summed E-state index contributed by atoms with van der Waals surface area (Å²) in [5.41, 5.74) is 5.30. The molecule has 1 N–H and O–H groups in total. The van der Waals surface area contributed by atoms with Crippen molar-refractivity contribution in [2.75, 3.05) is 5.32 Å². The molecular weight excluding hydrogens is 412 g/mol. The summed E-state index contributed by atoms with van der Waals surface area (Å²) in [6.07, 6.45) is 0.918. The Balaban J connectivity index is 1.48. The van der Waals surface area contributed by atoms with Crippen LogP contribution in [0.2, 0.25) is 5.02 Å². The van der Waals surface area contributed by atoms with Crippen LogP contribution in [0, 0.1) is 6.92 Å². The van der Waals surface area contributed by atoms with Crippen LogP contribution in [-0.2, 0) is 6.42 Å². The van der Waals surface area contributed by atoms with Crippen molar-refractivity contribution in [3.8, 4) is 11.5 Å². The number of nitrogens with one attached hydrogen (secondary N) is 1. The number of oxazole rings is 1. The Morgan fingerprint density at radius 2 is 1.87 bits per heavy atom. The van der Waals surface area contributed by atoms with Crippen molar-refractivity contribution < 1.29 is 13.6 Å². The molecule has 0 saturated carbocycles. The standard InChI is InChI=1S/C25H19ClN2O3/c1-3-15-8-11-22-20(12-15)28-25(31-22)18-13-16(9-10-19(18)26)27-24(29)23-14(2)17-6-4-5-7-21(17)30-23/h4-13H,3H2,1-2H3,(H,27,29). The van der Waals surface area contributed by atoms with E-state index in [2.05, 4.69) is 17.2 Å². The van der Waals surface area contributed by atoms with Gasteiger partial charge in [-0.25, -0.2) is 4.98 Å². The van der Waals surface area contributed by atoms with Gasteiger partial charge in [-0.2, -0.15) is 0 Å². The summed E-state index contributed by atoms with van der Waals surface area (Å²) in [5.74, 6) is 0.364. The molecule has 5 nitrogen and oxygen atoms in total. The van der Waals surface area contributed by atoms with Crippen LogP contribution in [-0.4, -0.2) is 10.9 Å². The molecular formula is C25H19ClN2O3. The minimum Gasteiger partial charge on any atom is -0.451 e. The molecule has 0 radical (unpaired) electrons. The van der Waals surface area contributed by atoms with Crippen molar-refractivity contribution in [3.63, 3.8) is 0 Å². The molecule has 5 aromatic rings. The zero-order valence-electron chi connectivity index (χ0n) is 17.0. The Labute approximate surface area is 183 Å². The molecule has 0 fully saturated rings. The molecule has 5 rings (SSSR count). The Morgan fingerprint density at radius 3 is 2.68 bits per heavy atom. The molecule has 0 bridgehead atoms. The van der Waals surface area contributed by atoms with Gasteiger partial charge in [0.1, 0.15) is 11.1 Å². The summed E-state index contributed by atoms with van der Waals surface area (Å²) in [4.78, 5) is 17.5. The minimum absolute atomic E-state index is 0.284. The van der Waals surface area contributed by atoms with Crippen molar-refractivity contribution in [1.82, 2.24) is 4.98 Å². The third kappa shape index (κ3) is 3.47. The second-order valence-electron chi connectivity index (χ2n) is 7.38. The maximum atomic E-state index is 12.9. The average Bonchev–Trinajstić information content (AvgIpc) is 3.35. The summed E-state index contributed by atoms with van der Waals surface area (Å²) in [5, 5.41) is 4.29. The number of amides is 1. The third-order valence-corrected chi connectivity index (χ3v) is 5.69. The summed E-state index contributed by atoms with van der Waals surface area (Å²) < 4.78 is 11.7. The lowest BCUT2D eigenvalue weighted by Gasteiger charge is -2.07. The van der Waals surface area contributed by atoms with Gasteiger partial charge in [0, 0.05) is 16.6 Å². The molecule has 0 unspecified atom stereocenters. The van der Waals surface area contributed by atoms with E-state index in [4.69, 9.17) is 20.4 Å². The minimum atomic E-state index is -0.327. The van der Waals surface area contributed by atoms with Crippen LogP contribution in [0.25, 0.3) is 33.5 Å². The van der Waals surface area contributed by atoms with Crippen LogP contribution in [0.15, 0.2) is 69.5 Å². The second kappa shape index (κ2) is 7.60. The first-order chi connectivity index (χ1) is 15.0. The molecule has 0 aliphatic heterocycles. The number of carbonyl (C=O) groups excluding carboxylic acids is 1. The topological polar surface area (TPSA) is 68.3 Å². The monoisotopic (exact) mass is 430 g/mol. The number of benzene rings is 3. The first-order valence-electron chi connectivity index (χ1n) is 10.0. The molecule has 1 amide bonds. The summed E-state index contributed by atoms with van der Waals surface area (Å²) in [6, 6.07) is 18.7. The van der Waals surface area contributed by atoms with E-state index < -0.39 is 0 Å². The zero-order chi connectivity index (χ0) is 21.5. The highest BCUT2D eigenvalue weighted by atomic mass is 35.5. The number of fused-ring (bicyclic) bond motifs is 2. The summed E-state index contributed by atoms with van der Waals surface area (Å²) in [6.45, 7) is 3.96. The van der Waals surface area contributed by atoms with Gasteiger partial charge >= 0.3 is 0 Å². The fourth-order valence-electron chi connectivity index (χ4n) is 3.65. The van der Waals surface area contributed by atoms with Crippen molar-refractivity contribution in [2.45, 2.75) is 20.3 Å². The van der Waals surface area contributed by atoms with E-state index in [1.54, 1.807) is 18.2 Å². The molecule has 0 saturated heterocycles. The van der Waals surface area contributed by atoms with E-state index in [0.717, 1.165) is 22.9 Å². The Morgan fingerprint density at radius 1 is 1.03 bits per heavy atom. The molecule has 0 atom stereocenters. The summed E-state index contributed by atoms with van der Waals surface area (Å²) >= 11 is 6.42. The lowest BCUT2D eigenvalue weighted by Crippen LogP contribution is -2.12. The number of carbonyl (C=O) groups is 1. The number of rotatable bonds is 4. The van der Waals surface area contributed by atoms with E-state index in [1.165, 1.54) is 5.56 Å². The highest BCUT2D eigenvalue weighted by molar-refractivity contribution is 6.33. The van der Waals surface area contributed by atoms with E-state index in [-0.39, 0.29) is 11.7 Å².